The minimum absolute atomic E-state index is 0.0326. The summed E-state index contributed by atoms with van der Waals surface area (Å²) >= 11 is 0. The zero-order valence-corrected chi connectivity index (χ0v) is 18.5. The van der Waals surface area contributed by atoms with Gasteiger partial charge in [-0.2, -0.15) is 0 Å². The van der Waals surface area contributed by atoms with Crippen LogP contribution in [0.2, 0.25) is 0 Å². The van der Waals surface area contributed by atoms with Crippen molar-refractivity contribution in [2.24, 2.45) is 0 Å². The number of pyridine rings is 1. The largest absolute Gasteiger partial charge is 0.378 e. The molecule has 168 valence electrons. The molecule has 0 radical (unpaired) electrons. The van der Waals surface area contributed by atoms with Crippen molar-refractivity contribution < 1.29 is 9.53 Å². The van der Waals surface area contributed by atoms with Gasteiger partial charge in [0.2, 0.25) is 0 Å². The zero-order chi connectivity index (χ0) is 22.7. The van der Waals surface area contributed by atoms with Crippen LogP contribution in [0.15, 0.2) is 42.5 Å². The van der Waals surface area contributed by atoms with Crippen LogP contribution in [-0.4, -0.2) is 73.5 Å². The average molecular weight is 436 g/mol. The maximum absolute atomic E-state index is 13.2. The topological polar surface area (TPSA) is 99.9 Å². The molecule has 2 fully saturated rings. The molecule has 0 saturated carbocycles. The number of aromatic nitrogens is 1. The Morgan fingerprint density at radius 3 is 2.34 bits per heavy atom. The maximum atomic E-state index is 13.2. The highest BCUT2D eigenvalue weighted by Gasteiger charge is 2.32. The molecule has 3 heterocycles. The molecule has 0 atom stereocenters. The summed E-state index contributed by atoms with van der Waals surface area (Å²) in [5.74, 6) is 0.650. The number of anilines is 3. The van der Waals surface area contributed by atoms with Crippen LogP contribution in [0.1, 0.15) is 19.5 Å². The van der Waals surface area contributed by atoms with Gasteiger partial charge in [0.1, 0.15) is 11.5 Å². The lowest BCUT2D eigenvalue weighted by molar-refractivity contribution is 0.122. The molecule has 0 bridgehead atoms. The van der Waals surface area contributed by atoms with Crippen LogP contribution < -0.4 is 14.7 Å². The smallest absolute Gasteiger partial charge is 0.330 e. The number of carbonyl (C=O) groups is 1. The van der Waals surface area contributed by atoms with E-state index in [1.54, 1.807) is 28.0 Å². The van der Waals surface area contributed by atoms with Crippen LogP contribution in [0.3, 0.4) is 0 Å². The van der Waals surface area contributed by atoms with Gasteiger partial charge < -0.3 is 14.5 Å². The summed E-state index contributed by atoms with van der Waals surface area (Å²) in [6.45, 7) is 8.13. The quantitative estimate of drug-likeness (QED) is 0.537. The molecule has 2 aliphatic rings. The first-order valence-electron chi connectivity index (χ1n) is 10.9. The Hall–Kier alpha value is -3.46. The number of benzene rings is 1. The number of amides is 2. The molecule has 9 heteroatoms. The molecule has 0 unspecified atom stereocenters. The van der Waals surface area contributed by atoms with Crippen molar-refractivity contribution in [3.63, 3.8) is 0 Å². The molecular formula is C23H29N7O2. The predicted octanol–water partition coefficient (Wildman–Crippen LogP) is 3.01. The normalized spacial score (nSPS) is 16.6. The van der Waals surface area contributed by atoms with E-state index < -0.39 is 0 Å². The summed E-state index contributed by atoms with van der Waals surface area (Å²) in [5.41, 5.74) is 2.42. The third kappa shape index (κ3) is 4.29. The third-order valence-corrected chi connectivity index (χ3v) is 5.75. The van der Waals surface area contributed by atoms with Gasteiger partial charge in [-0.25, -0.2) is 9.78 Å². The lowest BCUT2D eigenvalue weighted by atomic mass is 10.2. The van der Waals surface area contributed by atoms with Crippen LogP contribution in [0.25, 0.3) is 0 Å². The van der Waals surface area contributed by atoms with E-state index in [0.29, 0.717) is 24.6 Å². The van der Waals surface area contributed by atoms with E-state index in [-0.39, 0.29) is 17.9 Å². The number of amidine groups is 1. The van der Waals surface area contributed by atoms with Crippen LogP contribution in [0, 0.1) is 10.8 Å². The van der Waals surface area contributed by atoms with Crippen molar-refractivity contribution in [3.05, 3.63) is 48.2 Å². The van der Waals surface area contributed by atoms with Gasteiger partial charge in [-0.1, -0.05) is 6.07 Å². The van der Waals surface area contributed by atoms with Crippen LogP contribution in [0.4, 0.5) is 22.0 Å². The van der Waals surface area contributed by atoms with Crippen molar-refractivity contribution in [1.29, 1.82) is 10.8 Å². The van der Waals surface area contributed by atoms with Crippen LogP contribution >= 0.6 is 0 Å². The van der Waals surface area contributed by atoms with E-state index in [4.69, 9.17) is 15.6 Å². The van der Waals surface area contributed by atoms with E-state index in [9.17, 15) is 4.79 Å². The van der Waals surface area contributed by atoms with Crippen molar-refractivity contribution in [2.45, 2.75) is 19.9 Å². The number of morpholine rings is 1. The Morgan fingerprint density at radius 2 is 1.69 bits per heavy atom. The van der Waals surface area contributed by atoms with E-state index in [1.165, 1.54) is 4.90 Å². The summed E-state index contributed by atoms with van der Waals surface area (Å²) in [5, 5.41) is 16.0. The van der Waals surface area contributed by atoms with Gasteiger partial charge in [-0.15, -0.1) is 0 Å². The first-order valence-corrected chi connectivity index (χ1v) is 10.9. The average Bonchev–Trinajstić information content (AvgIpc) is 3.21. The monoisotopic (exact) mass is 435 g/mol. The lowest BCUT2D eigenvalue weighted by Crippen LogP contribution is -2.37. The highest BCUT2D eigenvalue weighted by atomic mass is 16.5. The molecule has 2 N–H and O–H groups in total. The van der Waals surface area contributed by atoms with E-state index in [0.717, 1.165) is 44.0 Å². The zero-order valence-electron chi connectivity index (χ0n) is 18.5. The highest BCUT2D eigenvalue weighted by molar-refractivity contribution is 6.06. The summed E-state index contributed by atoms with van der Waals surface area (Å²) in [7, 11) is 0. The van der Waals surface area contributed by atoms with Gasteiger partial charge in [0, 0.05) is 43.6 Å². The Labute approximate surface area is 188 Å². The van der Waals surface area contributed by atoms with Gasteiger partial charge in [-0.3, -0.25) is 20.6 Å². The van der Waals surface area contributed by atoms with Gasteiger partial charge in [0.15, 0.2) is 5.84 Å². The number of hydrogen-bond donors (Lipinski definition) is 2. The molecule has 2 aromatic rings. The molecule has 4 rings (SSSR count). The molecule has 0 aliphatic carbocycles. The molecule has 1 aromatic heterocycles. The Balaban J connectivity index is 1.49. The summed E-state index contributed by atoms with van der Waals surface area (Å²) < 4.78 is 5.42. The number of rotatable bonds is 6. The molecule has 9 nitrogen and oxygen atoms in total. The molecule has 2 saturated heterocycles. The Morgan fingerprint density at radius 1 is 1.03 bits per heavy atom. The molecule has 2 aliphatic heterocycles. The predicted molar refractivity (Wildman–Crippen MR) is 126 cm³/mol. The van der Waals surface area contributed by atoms with E-state index >= 15 is 0 Å². The molecule has 2 amide bonds. The number of nitrogens with one attached hydrogen (secondary N) is 2. The van der Waals surface area contributed by atoms with Gasteiger partial charge in [0.25, 0.3) is 0 Å². The van der Waals surface area contributed by atoms with Crippen molar-refractivity contribution in [2.75, 3.05) is 54.1 Å². The third-order valence-electron chi connectivity index (χ3n) is 5.75. The van der Waals surface area contributed by atoms with Crippen LogP contribution in [0.5, 0.6) is 0 Å². The fourth-order valence-corrected chi connectivity index (χ4v) is 3.96. The number of ether oxygens (including phenoxy) is 1. The minimum Gasteiger partial charge on any atom is -0.378 e. The van der Waals surface area contributed by atoms with Crippen molar-refractivity contribution in [1.82, 2.24) is 9.88 Å². The Bertz CT molecular complexity index is 986. The highest BCUT2D eigenvalue weighted by Crippen LogP contribution is 2.27. The maximum Gasteiger partial charge on any atom is 0.330 e. The SMILES string of the molecule is CC(C)N(C=N)C(=N)c1cccc(N2CCN(c3ccc(N4CCOCC4)cc3)C2=O)n1. The van der Waals surface area contributed by atoms with Gasteiger partial charge in [-0.05, 0) is 50.2 Å². The number of hydrogen-bond acceptors (Lipinski definition) is 6. The second-order valence-corrected chi connectivity index (χ2v) is 8.06. The van der Waals surface area contributed by atoms with Crippen LogP contribution in [-0.2, 0) is 4.74 Å². The van der Waals surface area contributed by atoms with Gasteiger partial charge in [0.05, 0.1) is 19.6 Å². The van der Waals surface area contributed by atoms with Gasteiger partial charge >= 0.3 is 6.03 Å². The molecule has 32 heavy (non-hydrogen) atoms. The number of urea groups is 1. The van der Waals surface area contributed by atoms with Crippen molar-refractivity contribution in [3.8, 4) is 0 Å². The Kier molecular flexibility index (Phi) is 6.36. The van der Waals surface area contributed by atoms with E-state index in [2.05, 4.69) is 22.0 Å². The molecule has 1 aromatic carbocycles. The summed E-state index contributed by atoms with van der Waals surface area (Å²) in [4.78, 5) is 24.9. The summed E-state index contributed by atoms with van der Waals surface area (Å²) in [6, 6.07) is 13.2. The molecule has 0 spiro atoms. The standard InChI is InChI=1S/C23H29N7O2/c1-17(2)30(16-24)22(25)20-4-3-5-21(26-20)29-11-10-28(23(29)31)19-8-6-18(7-9-19)27-12-14-32-15-13-27/h3-9,16-17,24-25H,10-15H2,1-2H3. The second-order valence-electron chi connectivity index (χ2n) is 8.06. The minimum atomic E-state index is -0.131. The fraction of sp³-hybridized carbons (Fsp3) is 0.391. The number of nitrogens with zero attached hydrogens (tertiary/aromatic N) is 5. The fourth-order valence-electron chi connectivity index (χ4n) is 3.96. The second kappa shape index (κ2) is 9.35. The lowest BCUT2D eigenvalue weighted by Gasteiger charge is -2.29. The van der Waals surface area contributed by atoms with Crippen molar-refractivity contribution >= 4 is 35.4 Å². The first-order chi connectivity index (χ1) is 15.5. The number of carbonyl (C=O) groups excluding carboxylic acids is 1. The first kappa shape index (κ1) is 21.8. The summed E-state index contributed by atoms with van der Waals surface area (Å²) in [6.07, 6.45) is 1.13. The molecular weight excluding hydrogens is 406 g/mol. The van der Waals surface area contributed by atoms with E-state index in [1.807, 2.05) is 26.0 Å².